The lowest BCUT2D eigenvalue weighted by Gasteiger charge is -2.36. The summed E-state index contributed by atoms with van der Waals surface area (Å²) < 4.78 is 25.6. The van der Waals surface area contributed by atoms with Gasteiger partial charge in [0.05, 0.1) is 5.92 Å². The van der Waals surface area contributed by atoms with Crippen LogP contribution in [0.3, 0.4) is 0 Å². The van der Waals surface area contributed by atoms with Gasteiger partial charge in [-0.2, -0.15) is 0 Å². The number of hydrogen-bond donors (Lipinski definition) is 1. The molecule has 4 atom stereocenters. The monoisotopic (exact) mass is 470 g/mol. The third kappa shape index (κ3) is 2.73. The first-order chi connectivity index (χ1) is 17.1. The summed E-state index contributed by atoms with van der Waals surface area (Å²) in [6.45, 7) is 0.778. The maximum atomic E-state index is 14.6. The molecule has 3 aromatic carbocycles. The molecule has 3 aromatic rings. The molecule has 7 heteroatoms. The number of rotatable bonds is 3. The smallest absolute Gasteiger partial charge is 0.250 e. The van der Waals surface area contributed by atoms with E-state index in [2.05, 4.69) is 10.2 Å². The molecule has 4 aliphatic heterocycles. The fourth-order valence-corrected chi connectivity index (χ4v) is 6.81. The van der Waals surface area contributed by atoms with Gasteiger partial charge in [-0.25, -0.2) is 4.39 Å². The maximum absolute atomic E-state index is 14.6. The van der Waals surface area contributed by atoms with Gasteiger partial charge in [0.15, 0.2) is 17.3 Å². The highest BCUT2D eigenvalue weighted by Gasteiger charge is 2.69. The van der Waals surface area contributed by atoms with Crippen molar-refractivity contribution in [3.8, 4) is 11.5 Å². The summed E-state index contributed by atoms with van der Waals surface area (Å²) in [4.78, 5) is 30.6. The number of anilines is 1. The number of ether oxygens (including phenoxy) is 2. The number of Topliss-reactive ketones (excluding diaryl/α,β-unsaturated/α-hetero) is 1. The second-order valence-electron chi connectivity index (χ2n) is 9.66. The summed E-state index contributed by atoms with van der Waals surface area (Å²) in [6.07, 6.45) is 1.78. The van der Waals surface area contributed by atoms with E-state index in [9.17, 15) is 14.0 Å². The van der Waals surface area contributed by atoms with Crippen molar-refractivity contribution in [1.82, 2.24) is 4.90 Å². The van der Waals surface area contributed by atoms with Crippen LogP contribution in [0.5, 0.6) is 11.5 Å². The van der Waals surface area contributed by atoms with Crippen molar-refractivity contribution in [2.75, 3.05) is 18.7 Å². The number of carbonyl (C=O) groups is 2. The first kappa shape index (κ1) is 20.6. The minimum Gasteiger partial charge on any atom is -0.454 e. The fraction of sp³-hybridized carbons (Fsp3) is 0.286. The Kier molecular flexibility index (Phi) is 4.36. The van der Waals surface area contributed by atoms with Gasteiger partial charge in [-0.15, -0.1) is 0 Å². The molecule has 0 saturated carbocycles. The fourth-order valence-electron chi connectivity index (χ4n) is 6.81. The van der Waals surface area contributed by atoms with Gasteiger partial charge in [-0.05, 0) is 61.3 Å². The molecule has 2 fully saturated rings. The molecule has 1 amide bonds. The van der Waals surface area contributed by atoms with E-state index in [1.807, 2.05) is 30.3 Å². The van der Waals surface area contributed by atoms with Gasteiger partial charge in [-0.1, -0.05) is 30.3 Å². The molecule has 2 saturated heterocycles. The lowest BCUT2D eigenvalue weighted by atomic mass is 9.68. The molecule has 7 rings (SSSR count). The Balaban J connectivity index is 1.47. The minimum atomic E-state index is -1.29. The number of carbonyl (C=O) groups excluding carboxylic acids is 2. The van der Waals surface area contributed by atoms with Gasteiger partial charge in [0.25, 0.3) is 0 Å². The molecule has 0 unspecified atom stereocenters. The molecule has 4 heterocycles. The molecule has 0 bridgehead atoms. The summed E-state index contributed by atoms with van der Waals surface area (Å²) in [7, 11) is 0. The van der Waals surface area contributed by atoms with Crippen LogP contribution in [0.25, 0.3) is 0 Å². The molecule has 176 valence electrons. The zero-order valence-electron chi connectivity index (χ0n) is 18.9. The topological polar surface area (TPSA) is 67.9 Å². The molecule has 1 N–H and O–H groups in total. The van der Waals surface area contributed by atoms with E-state index in [1.54, 1.807) is 24.3 Å². The SMILES string of the molecule is O=C(c1ccc2c(c1)OCO2)[C@@H]1[C@H](c2ccccc2)[C@@H]2CCCN2[C@@]12C(=O)Nc1ccc(F)cc12. The molecule has 35 heavy (non-hydrogen) atoms. The number of hydrogen-bond acceptors (Lipinski definition) is 5. The number of ketones is 1. The second kappa shape index (κ2) is 7.39. The normalized spacial score (nSPS) is 28.3. The first-order valence-corrected chi connectivity index (χ1v) is 12.0. The van der Waals surface area contributed by atoms with Crippen LogP contribution in [0.1, 0.15) is 40.2 Å². The van der Waals surface area contributed by atoms with Gasteiger partial charge in [-0.3, -0.25) is 14.5 Å². The van der Waals surface area contributed by atoms with Crippen molar-refractivity contribution in [2.45, 2.75) is 30.3 Å². The number of benzene rings is 3. The quantitative estimate of drug-likeness (QED) is 0.573. The Morgan fingerprint density at radius 3 is 2.71 bits per heavy atom. The molecule has 6 nitrogen and oxygen atoms in total. The van der Waals surface area contributed by atoms with E-state index in [4.69, 9.17) is 9.47 Å². The maximum Gasteiger partial charge on any atom is 0.250 e. The van der Waals surface area contributed by atoms with Crippen LogP contribution in [0.15, 0.2) is 66.7 Å². The summed E-state index contributed by atoms with van der Waals surface area (Å²) in [5, 5.41) is 2.98. The van der Waals surface area contributed by atoms with Crippen LogP contribution in [-0.4, -0.2) is 36.0 Å². The third-order valence-electron chi connectivity index (χ3n) is 8.09. The van der Waals surface area contributed by atoms with Gasteiger partial charge in [0.1, 0.15) is 11.4 Å². The highest BCUT2D eigenvalue weighted by Crippen LogP contribution is 2.61. The van der Waals surface area contributed by atoms with Crippen LogP contribution < -0.4 is 14.8 Å². The average Bonchev–Trinajstić information content (AvgIpc) is 3.63. The van der Waals surface area contributed by atoms with Crippen LogP contribution in [0, 0.1) is 11.7 Å². The Bertz CT molecular complexity index is 1380. The summed E-state index contributed by atoms with van der Waals surface area (Å²) in [5.41, 5.74) is 1.30. The van der Waals surface area contributed by atoms with Crippen molar-refractivity contribution in [3.63, 3.8) is 0 Å². The van der Waals surface area contributed by atoms with Gasteiger partial charge in [0, 0.05) is 28.8 Å². The van der Waals surface area contributed by atoms with Crippen molar-refractivity contribution >= 4 is 17.4 Å². The largest absolute Gasteiger partial charge is 0.454 e. The van der Waals surface area contributed by atoms with E-state index in [1.165, 1.54) is 12.1 Å². The highest BCUT2D eigenvalue weighted by atomic mass is 19.1. The van der Waals surface area contributed by atoms with E-state index in [0.717, 1.165) is 18.4 Å². The second-order valence-corrected chi connectivity index (χ2v) is 9.66. The third-order valence-corrected chi connectivity index (χ3v) is 8.09. The zero-order chi connectivity index (χ0) is 23.7. The van der Waals surface area contributed by atoms with Crippen molar-refractivity contribution in [2.24, 2.45) is 5.92 Å². The van der Waals surface area contributed by atoms with Crippen LogP contribution >= 0.6 is 0 Å². The van der Waals surface area contributed by atoms with Crippen molar-refractivity contribution in [1.29, 1.82) is 0 Å². The van der Waals surface area contributed by atoms with Gasteiger partial charge in [0.2, 0.25) is 12.7 Å². The molecule has 0 aliphatic carbocycles. The van der Waals surface area contributed by atoms with E-state index in [0.29, 0.717) is 34.9 Å². The summed E-state index contributed by atoms with van der Waals surface area (Å²) in [5.74, 6) is -0.694. The lowest BCUT2D eigenvalue weighted by Crippen LogP contribution is -2.52. The van der Waals surface area contributed by atoms with Crippen molar-refractivity contribution in [3.05, 3.63) is 89.2 Å². The lowest BCUT2D eigenvalue weighted by molar-refractivity contribution is -0.127. The standard InChI is InChI=1S/C28H23FN2O4/c29-18-9-10-20-19(14-18)28(27(33)30-20)25(26(32)17-8-11-22-23(13-17)35-15-34-22)24(16-5-2-1-3-6-16)21-7-4-12-31(21)28/h1-3,5-6,8-11,13-14,21,24-25H,4,7,12,15H2,(H,30,33)/t21-,24+,25-,28+/m0/s1. The van der Waals surface area contributed by atoms with Crippen molar-refractivity contribution < 1.29 is 23.5 Å². The summed E-state index contributed by atoms with van der Waals surface area (Å²) in [6, 6.07) is 19.4. The molecule has 1 spiro atoms. The number of nitrogens with zero attached hydrogens (tertiary/aromatic N) is 1. The summed E-state index contributed by atoms with van der Waals surface area (Å²) >= 11 is 0. The minimum absolute atomic E-state index is 0.0136. The number of amides is 1. The first-order valence-electron chi connectivity index (χ1n) is 12.0. The Morgan fingerprint density at radius 1 is 1.03 bits per heavy atom. The Labute approximate surface area is 201 Å². The predicted octanol–water partition coefficient (Wildman–Crippen LogP) is 4.46. The van der Waals surface area contributed by atoms with Crippen LogP contribution in [0.4, 0.5) is 10.1 Å². The number of halogens is 1. The average molecular weight is 471 g/mol. The molecule has 0 radical (unpaired) electrons. The molecular formula is C28H23FN2O4. The number of fused-ring (bicyclic) bond motifs is 5. The highest BCUT2D eigenvalue weighted by molar-refractivity contribution is 6.12. The van der Waals surface area contributed by atoms with E-state index >= 15 is 0 Å². The van der Waals surface area contributed by atoms with E-state index in [-0.39, 0.29) is 30.4 Å². The zero-order valence-corrected chi connectivity index (χ0v) is 18.9. The molecular weight excluding hydrogens is 447 g/mol. The van der Waals surface area contributed by atoms with Gasteiger partial charge < -0.3 is 14.8 Å². The van der Waals surface area contributed by atoms with Gasteiger partial charge >= 0.3 is 0 Å². The molecule has 0 aromatic heterocycles. The van der Waals surface area contributed by atoms with E-state index < -0.39 is 17.3 Å². The molecule has 4 aliphatic rings. The Morgan fingerprint density at radius 2 is 1.86 bits per heavy atom. The Hall–Kier alpha value is -3.71. The van der Waals surface area contributed by atoms with Crippen LogP contribution in [-0.2, 0) is 10.3 Å². The predicted molar refractivity (Wildman–Crippen MR) is 126 cm³/mol. The van der Waals surface area contributed by atoms with Crippen LogP contribution in [0.2, 0.25) is 0 Å². The number of nitrogens with one attached hydrogen (secondary N) is 1.